The highest BCUT2D eigenvalue weighted by atomic mass is 32.2. The molecule has 0 radical (unpaired) electrons. The van der Waals surface area contributed by atoms with Crippen molar-refractivity contribution in [3.05, 3.63) is 47.5 Å². The molecule has 1 aromatic heterocycles. The van der Waals surface area contributed by atoms with Gasteiger partial charge in [-0.25, -0.2) is 4.99 Å². The number of nitrogens with zero attached hydrogens (tertiary/aromatic N) is 4. The Hall–Kier alpha value is -2.02. The van der Waals surface area contributed by atoms with Crippen LogP contribution in [-0.2, 0) is 13.6 Å². The molecule has 1 fully saturated rings. The van der Waals surface area contributed by atoms with Gasteiger partial charge in [0.1, 0.15) is 12.4 Å². The number of guanidine groups is 1. The van der Waals surface area contributed by atoms with Crippen molar-refractivity contribution in [1.82, 2.24) is 25.4 Å². The normalized spacial score (nSPS) is 21.3. The summed E-state index contributed by atoms with van der Waals surface area (Å²) < 4.78 is 1.99. The minimum atomic E-state index is 0.177. The minimum Gasteiger partial charge on any atom is -0.354 e. The molecule has 0 bridgehead atoms. The molecule has 1 aliphatic rings. The molecule has 0 amide bonds. The zero-order chi connectivity index (χ0) is 19.2. The van der Waals surface area contributed by atoms with Crippen LogP contribution in [0, 0.1) is 6.92 Å². The summed E-state index contributed by atoms with van der Waals surface area (Å²) in [6, 6.07) is 11.1. The van der Waals surface area contributed by atoms with Crippen molar-refractivity contribution in [3.63, 3.8) is 0 Å². The van der Waals surface area contributed by atoms with Gasteiger partial charge in [0.2, 0.25) is 0 Å². The van der Waals surface area contributed by atoms with E-state index in [9.17, 15) is 0 Å². The number of hydrogen-bond acceptors (Lipinski definition) is 4. The highest BCUT2D eigenvalue weighted by molar-refractivity contribution is 7.99. The monoisotopic (exact) mass is 386 g/mol. The average molecular weight is 387 g/mol. The Bertz CT molecular complexity index is 757. The van der Waals surface area contributed by atoms with Gasteiger partial charge >= 0.3 is 0 Å². The lowest BCUT2D eigenvalue weighted by atomic mass is 10.1. The first-order valence-electron chi connectivity index (χ1n) is 9.57. The summed E-state index contributed by atoms with van der Waals surface area (Å²) in [6.07, 6.45) is 5.84. The van der Waals surface area contributed by atoms with Crippen LogP contribution in [0.5, 0.6) is 0 Å². The van der Waals surface area contributed by atoms with Crippen LogP contribution >= 0.6 is 11.8 Å². The van der Waals surface area contributed by atoms with Gasteiger partial charge in [0, 0.05) is 18.3 Å². The maximum absolute atomic E-state index is 4.81. The Kier molecular flexibility index (Phi) is 6.77. The van der Waals surface area contributed by atoms with Crippen LogP contribution in [0.1, 0.15) is 49.4 Å². The lowest BCUT2D eigenvalue weighted by Crippen LogP contribution is -2.43. The van der Waals surface area contributed by atoms with E-state index in [-0.39, 0.29) is 6.04 Å². The molecular weight excluding hydrogens is 356 g/mol. The van der Waals surface area contributed by atoms with Crippen LogP contribution in [0.25, 0.3) is 0 Å². The van der Waals surface area contributed by atoms with Crippen LogP contribution in [0.15, 0.2) is 35.3 Å². The second kappa shape index (κ2) is 9.26. The lowest BCUT2D eigenvalue weighted by molar-refractivity contribution is 0.593. The number of aromatic nitrogens is 3. The fourth-order valence-electron chi connectivity index (χ4n) is 3.38. The van der Waals surface area contributed by atoms with E-state index in [0.717, 1.165) is 22.9 Å². The number of aryl methyl sites for hydroxylation is 1. The van der Waals surface area contributed by atoms with Crippen LogP contribution < -0.4 is 10.6 Å². The summed E-state index contributed by atoms with van der Waals surface area (Å²) in [5, 5.41) is 16.3. The first-order valence-corrected chi connectivity index (χ1v) is 10.9. The van der Waals surface area contributed by atoms with Gasteiger partial charge in [0.25, 0.3) is 0 Å². The van der Waals surface area contributed by atoms with Crippen molar-refractivity contribution in [2.45, 2.75) is 57.0 Å². The summed E-state index contributed by atoms with van der Waals surface area (Å²) in [5.74, 6) is 2.62. The predicted octanol–water partition coefficient (Wildman–Crippen LogP) is 3.20. The largest absolute Gasteiger partial charge is 0.354 e. The van der Waals surface area contributed by atoms with Crippen molar-refractivity contribution in [3.8, 4) is 0 Å². The van der Waals surface area contributed by atoms with Gasteiger partial charge in [-0.05, 0) is 44.9 Å². The summed E-state index contributed by atoms with van der Waals surface area (Å²) >= 11 is 1.97. The van der Waals surface area contributed by atoms with Crippen molar-refractivity contribution < 1.29 is 0 Å². The van der Waals surface area contributed by atoms with Crippen molar-refractivity contribution >= 4 is 17.7 Å². The molecule has 27 heavy (non-hydrogen) atoms. The molecule has 0 spiro atoms. The highest BCUT2D eigenvalue weighted by Crippen LogP contribution is 2.28. The molecule has 1 aliphatic carbocycles. The first-order chi connectivity index (χ1) is 13.1. The molecule has 3 unspecified atom stereocenters. The standard InChI is InChI=1S/C20H30N6S/c1-14(16-8-6-5-7-9-16)22-20(23-17-10-11-18(12-17)27-4)21-13-19-25-24-15(2)26(19)3/h5-9,14,17-18H,10-13H2,1-4H3,(H2,21,22,23). The average Bonchev–Trinajstić information content (AvgIpc) is 3.27. The summed E-state index contributed by atoms with van der Waals surface area (Å²) in [7, 11) is 1.98. The van der Waals surface area contributed by atoms with Gasteiger partial charge in [-0.1, -0.05) is 30.3 Å². The van der Waals surface area contributed by atoms with E-state index in [1.165, 1.54) is 24.8 Å². The fraction of sp³-hybridized carbons (Fsp3) is 0.550. The second-order valence-corrected chi connectivity index (χ2v) is 8.31. The molecule has 6 nitrogen and oxygen atoms in total. The SMILES string of the molecule is CSC1CCC(NC(=NCc2nnc(C)n2C)NC(C)c2ccccc2)C1. The van der Waals surface area contributed by atoms with E-state index in [1.54, 1.807) is 0 Å². The molecule has 3 atom stereocenters. The molecule has 2 N–H and O–H groups in total. The Morgan fingerprint density at radius 1 is 1.30 bits per heavy atom. The molecule has 1 aromatic carbocycles. The molecule has 2 aromatic rings. The van der Waals surface area contributed by atoms with Gasteiger partial charge in [0.05, 0.1) is 6.04 Å². The van der Waals surface area contributed by atoms with E-state index in [4.69, 9.17) is 4.99 Å². The van der Waals surface area contributed by atoms with E-state index in [2.05, 4.69) is 58.3 Å². The number of thioether (sulfide) groups is 1. The van der Waals surface area contributed by atoms with Gasteiger partial charge in [0.15, 0.2) is 11.8 Å². The highest BCUT2D eigenvalue weighted by Gasteiger charge is 2.25. The van der Waals surface area contributed by atoms with Crippen LogP contribution in [0.2, 0.25) is 0 Å². The molecule has 7 heteroatoms. The number of aliphatic imine (C=N–C) groups is 1. The molecule has 1 saturated carbocycles. The van der Waals surface area contributed by atoms with E-state index < -0.39 is 0 Å². The van der Waals surface area contributed by atoms with Gasteiger partial charge in [-0.3, -0.25) is 0 Å². The number of benzene rings is 1. The molecule has 0 aliphatic heterocycles. The van der Waals surface area contributed by atoms with Crippen LogP contribution in [-0.4, -0.2) is 38.3 Å². The van der Waals surface area contributed by atoms with Crippen molar-refractivity contribution in [2.75, 3.05) is 6.26 Å². The first kappa shape index (κ1) is 19.7. The number of rotatable bonds is 6. The molecule has 146 valence electrons. The smallest absolute Gasteiger partial charge is 0.192 e. The topological polar surface area (TPSA) is 67.1 Å². The quantitative estimate of drug-likeness (QED) is 0.589. The minimum absolute atomic E-state index is 0.177. The fourth-order valence-corrected chi connectivity index (χ4v) is 4.18. The van der Waals surface area contributed by atoms with Crippen molar-refractivity contribution in [1.29, 1.82) is 0 Å². The Morgan fingerprint density at radius 2 is 2.07 bits per heavy atom. The second-order valence-electron chi connectivity index (χ2n) is 7.18. The number of hydrogen-bond donors (Lipinski definition) is 2. The summed E-state index contributed by atoms with van der Waals surface area (Å²) in [4.78, 5) is 4.81. The zero-order valence-electron chi connectivity index (χ0n) is 16.6. The van der Waals surface area contributed by atoms with Gasteiger partial charge in [-0.15, -0.1) is 10.2 Å². The van der Waals surface area contributed by atoms with E-state index in [1.807, 2.05) is 36.4 Å². The van der Waals surface area contributed by atoms with Crippen molar-refractivity contribution in [2.24, 2.45) is 12.0 Å². The van der Waals surface area contributed by atoms with Gasteiger partial charge in [-0.2, -0.15) is 11.8 Å². The number of nitrogens with one attached hydrogen (secondary N) is 2. The third-order valence-corrected chi connectivity index (χ3v) is 6.37. The lowest BCUT2D eigenvalue weighted by Gasteiger charge is -2.22. The maximum Gasteiger partial charge on any atom is 0.192 e. The van der Waals surface area contributed by atoms with Crippen LogP contribution in [0.4, 0.5) is 0 Å². The molecule has 3 rings (SSSR count). The third kappa shape index (κ3) is 5.25. The molecule has 0 saturated heterocycles. The Morgan fingerprint density at radius 3 is 2.70 bits per heavy atom. The zero-order valence-corrected chi connectivity index (χ0v) is 17.5. The molecule has 1 heterocycles. The third-order valence-electron chi connectivity index (χ3n) is 5.27. The maximum atomic E-state index is 4.81. The summed E-state index contributed by atoms with van der Waals surface area (Å²) in [5.41, 5.74) is 1.25. The summed E-state index contributed by atoms with van der Waals surface area (Å²) in [6.45, 7) is 4.63. The van der Waals surface area contributed by atoms with Gasteiger partial charge < -0.3 is 15.2 Å². The van der Waals surface area contributed by atoms with Crippen LogP contribution in [0.3, 0.4) is 0 Å². The van der Waals surface area contributed by atoms with E-state index in [0.29, 0.717) is 12.6 Å². The Balaban J connectivity index is 1.71. The molecular formula is C20H30N6S. The predicted molar refractivity (Wildman–Crippen MR) is 113 cm³/mol. The van der Waals surface area contributed by atoms with E-state index >= 15 is 0 Å². The Labute approximate surface area is 166 Å².